The van der Waals surface area contributed by atoms with E-state index in [-0.39, 0.29) is 30.4 Å². The van der Waals surface area contributed by atoms with Gasteiger partial charge in [0.1, 0.15) is 0 Å². The summed E-state index contributed by atoms with van der Waals surface area (Å²) >= 11 is 0. The maximum Gasteiger partial charge on any atom is 0.319 e. The number of anilines is 1. The van der Waals surface area contributed by atoms with Gasteiger partial charge in [-0.15, -0.1) is 12.4 Å². The maximum absolute atomic E-state index is 12.6. The van der Waals surface area contributed by atoms with Crippen LogP contribution in [0, 0.1) is 0 Å². The molecule has 2 aliphatic rings. The van der Waals surface area contributed by atoms with Crippen molar-refractivity contribution in [3.05, 3.63) is 29.8 Å². The summed E-state index contributed by atoms with van der Waals surface area (Å²) in [5.74, 6) is 0.0141. The number of nitrogens with one attached hydrogen (secondary N) is 3. The average Bonchev–Trinajstić information content (AvgIpc) is 3.31. The smallest absolute Gasteiger partial charge is 0.319 e. The standard InChI is InChI=1S/C16H22N4O2.ClH/c1-11-10-17-7-8-20(11)15(21)12-3-2-4-14(9-12)19-16(22)18-13-5-6-13;/h2-4,9,11,13,17H,5-8,10H2,1H3,(H2,18,19,22);1H/t11-;/m1./s1. The molecule has 1 saturated carbocycles. The van der Waals surface area contributed by atoms with Crippen molar-refractivity contribution < 1.29 is 9.59 Å². The van der Waals surface area contributed by atoms with E-state index in [1.807, 2.05) is 11.8 Å². The molecule has 7 heteroatoms. The molecule has 1 aromatic carbocycles. The van der Waals surface area contributed by atoms with Crippen molar-refractivity contribution in [3.63, 3.8) is 0 Å². The van der Waals surface area contributed by atoms with Crippen LogP contribution in [-0.2, 0) is 0 Å². The van der Waals surface area contributed by atoms with Gasteiger partial charge in [-0.3, -0.25) is 4.79 Å². The second-order valence-electron chi connectivity index (χ2n) is 6.01. The van der Waals surface area contributed by atoms with Gasteiger partial charge in [-0.25, -0.2) is 4.79 Å². The predicted molar refractivity (Wildman–Crippen MR) is 92.2 cm³/mol. The lowest BCUT2D eigenvalue weighted by Crippen LogP contribution is -2.52. The third-order valence-electron chi connectivity index (χ3n) is 4.04. The van der Waals surface area contributed by atoms with E-state index >= 15 is 0 Å². The Kier molecular flexibility index (Phi) is 5.85. The first-order chi connectivity index (χ1) is 10.6. The second-order valence-corrected chi connectivity index (χ2v) is 6.01. The molecule has 1 aliphatic carbocycles. The maximum atomic E-state index is 12.6. The van der Waals surface area contributed by atoms with Crippen molar-refractivity contribution in [2.75, 3.05) is 25.0 Å². The lowest BCUT2D eigenvalue weighted by atomic mass is 10.1. The fraction of sp³-hybridized carbons (Fsp3) is 0.500. The van der Waals surface area contributed by atoms with E-state index in [2.05, 4.69) is 16.0 Å². The van der Waals surface area contributed by atoms with Gasteiger partial charge in [-0.1, -0.05) is 6.07 Å². The molecule has 126 valence electrons. The van der Waals surface area contributed by atoms with Gasteiger partial charge >= 0.3 is 6.03 Å². The Balaban J connectivity index is 0.00000192. The molecule has 0 aromatic heterocycles. The molecule has 3 amide bonds. The highest BCUT2D eigenvalue weighted by atomic mass is 35.5. The molecule has 23 heavy (non-hydrogen) atoms. The Morgan fingerprint density at radius 1 is 1.30 bits per heavy atom. The van der Waals surface area contributed by atoms with E-state index in [0.29, 0.717) is 23.8 Å². The van der Waals surface area contributed by atoms with Gasteiger partial charge in [-0.2, -0.15) is 0 Å². The SMILES string of the molecule is C[C@@H]1CNCCN1C(=O)c1cccc(NC(=O)NC2CC2)c1.Cl. The first kappa shape index (κ1) is 17.6. The number of rotatable bonds is 3. The lowest BCUT2D eigenvalue weighted by molar-refractivity contribution is 0.0656. The molecule has 0 unspecified atom stereocenters. The molecule has 1 atom stereocenters. The number of hydrogen-bond donors (Lipinski definition) is 3. The molecule has 3 N–H and O–H groups in total. The van der Waals surface area contributed by atoms with Crippen molar-refractivity contribution in [1.29, 1.82) is 0 Å². The number of urea groups is 1. The fourth-order valence-corrected chi connectivity index (χ4v) is 2.62. The van der Waals surface area contributed by atoms with Gasteiger partial charge in [-0.05, 0) is 38.0 Å². The molecule has 1 heterocycles. The monoisotopic (exact) mass is 338 g/mol. The van der Waals surface area contributed by atoms with Crippen LogP contribution < -0.4 is 16.0 Å². The third-order valence-corrected chi connectivity index (χ3v) is 4.04. The Morgan fingerprint density at radius 3 is 2.78 bits per heavy atom. The molecule has 1 aliphatic heterocycles. The molecule has 1 aromatic rings. The summed E-state index contributed by atoms with van der Waals surface area (Å²) in [6.07, 6.45) is 2.10. The summed E-state index contributed by atoms with van der Waals surface area (Å²) in [5.41, 5.74) is 1.25. The molecule has 0 spiro atoms. The van der Waals surface area contributed by atoms with E-state index in [1.54, 1.807) is 24.3 Å². The first-order valence-corrected chi connectivity index (χ1v) is 7.83. The summed E-state index contributed by atoms with van der Waals surface area (Å²) in [6, 6.07) is 7.41. The fourth-order valence-electron chi connectivity index (χ4n) is 2.62. The van der Waals surface area contributed by atoms with Crippen LogP contribution in [0.25, 0.3) is 0 Å². The van der Waals surface area contributed by atoms with E-state index in [1.165, 1.54) is 0 Å². The quantitative estimate of drug-likeness (QED) is 0.787. The van der Waals surface area contributed by atoms with Gasteiger partial charge in [0.2, 0.25) is 0 Å². The van der Waals surface area contributed by atoms with Crippen molar-refractivity contribution in [1.82, 2.24) is 15.5 Å². The van der Waals surface area contributed by atoms with Crippen LogP contribution in [0.15, 0.2) is 24.3 Å². The number of benzene rings is 1. The van der Waals surface area contributed by atoms with Crippen LogP contribution in [0.4, 0.5) is 10.5 Å². The van der Waals surface area contributed by atoms with E-state index in [4.69, 9.17) is 0 Å². The third kappa shape index (κ3) is 4.59. The lowest BCUT2D eigenvalue weighted by Gasteiger charge is -2.34. The predicted octanol–water partition coefficient (Wildman–Crippen LogP) is 1.83. The Bertz CT molecular complexity index is 577. The van der Waals surface area contributed by atoms with Crippen LogP contribution in [0.3, 0.4) is 0 Å². The Hall–Kier alpha value is -1.79. The average molecular weight is 339 g/mol. The number of carbonyl (C=O) groups is 2. The van der Waals surface area contributed by atoms with Crippen LogP contribution in [0.1, 0.15) is 30.1 Å². The zero-order valence-corrected chi connectivity index (χ0v) is 14.0. The number of halogens is 1. The van der Waals surface area contributed by atoms with E-state index in [0.717, 1.165) is 25.9 Å². The number of amides is 3. The van der Waals surface area contributed by atoms with Crippen molar-refractivity contribution >= 4 is 30.0 Å². The molecule has 6 nitrogen and oxygen atoms in total. The molecular formula is C16H23ClN4O2. The molecule has 3 rings (SSSR count). The summed E-state index contributed by atoms with van der Waals surface area (Å²) < 4.78 is 0. The van der Waals surface area contributed by atoms with Gasteiger partial charge in [0.15, 0.2) is 0 Å². The molecule has 0 bridgehead atoms. The summed E-state index contributed by atoms with van der Waals surface area (Å²) in [6.45, 7) is 4.38. The van der Waals surface area contributed by atoms with Crippen molar-refractivity contribution in [3.8, 4) is 0 Å². The van der Waals surface area contributed by atoms with Crippen LogP contribution in [-0.4, -0.2) is 48.6 Å². The molecule has 0 radical (unpaired) electrons. The minimum Gasteiger partial charge on any atom is -0.335 e. The minimum atomic E-state index is -0.206. The molecule has 1 saturated heterocycles. The number of carbonyl (C=O) groups excluding carboxylic acids is 2. The van der Waals surface area contributed by atoms with Crippen molar-refractivity contribution in [2.45, 2.75) is 31.8 Å². The minimum absolute atomic E-state index is 0. The highest BCUT2D eigenvalue weighted by Crippen LogP contribution is 2.19. The van der Waals surface area contributed by atoms with Gasteiger partial charge in [0, 0.05) is 43.0 Å². The highest BCUT2D eigenvalue weighted by molar-refractivity contribution is 5.97. The van der Waals surface area contributed by atoms with E-state index in [9.17, 15) is 9.59 Å². The zero-order valence-electron chi connectivity index (χ0n) is 13.2. The van der Waals surface area contributed by atoms with Crippen LogP contribution >= 0.6 is 12.4 Å². The van der Waals surface area contributed by atoms with Crippen LogP contribution in [0.5, 0.6) is 0 Å². The summed E-state index contributed by atoms with van der Waals surface area (Å²) in [4.78, 5) is 26.3. The molecule has 2 fully saturated rings. The zero-order chi connectivity index (χ0) is 15.5. The summed E-state index contributed by atoms with van der Waals surface area (Å²) in [7, 11) is 0. The topological polar surface area (TPSA) is 73.5 Å². The Morgan fingerprint density at radius 2 is 2.09 bits per heavy atom. The number of hydrogen-bond acceptors (Lipinski definition) is 3. The largest absolute Gasteiger partial charge is 0.335 e. The highest BCUT2D eigenvalue weighted by Gasteiger charge is 2.25. The van der Waals surface area contributed by atoms with Gasteiger partial charge in [0.05, 0.1) is 0 Å². The van der Waals surface area contributed by atoms with Gasteiger partial charge in [0.25, 0.3) is 5.91 Å². The number of piperazine rings is 1. The summed E-state index contributed by atoms with van der Waals surface area (Å²) in [5, 5.41) is 8.93. The second kappa shape index (κ2) is 7.66. The number of nitrogens with zero attached hydrogens (tertiary/aromatic N) is 1. The normalized spacial score (nSPS) is 20.4. The van der Waals surface area contributed by atoms with Crippen LogP contribution in [0.2, 0.25) is 0 Å². The Labute approximate surface area is 142 Å². The first-order valence-electron chi connectivity index (χ1n) is 7.83. The molecular weight excluding hydrogens is 316 g/mol. The van der Waals surface area contributed by atoms with Gasteiger partial charge < -0.3 is 20.9 Å². The van der Waals surface area contributed by atoms with E-state index < -0.39 is 0 Å². The van der Waals surface area contributed by atoms with Crippen molar-refractivity contribution in [2.24, 2.45) is 0 Å².